The van der Waals surface area contributed by atoms with Gasteiger partial charge in [-0.15, -0.1) is 0 Å². The smallest absolute Gasteiger partial charge is 0.183 e. The van der Waals surface area contributed by atoms with Gasteiger partial charge in [-0.3, -0.25) is 0 Å². The van der Waals surface area contributed by atoms with Gasteiger partial charge in [0.2, 0.25) is 0 Å². The Kier molecular flexibility index (Phi) is 8.48. The monoisotopic (exact) mass is 320 g/mol. The van der Waals surface area contributed by atoms with E-state index in [-0.39, 0.29) is 6.29 Å². The van der Waals surface area contributed by atoms with Crippen molar-refractivity contribution >= 4 is 0 Å². The number of benzene rings is 1. The maximum atomic E-state index is 5.88. The third-order valence-corrected chi connectivity index (χ3v) is 4.35. The van der Waals surface area contributed by atoms with Gasteiger partial charge >= 0.3 is 0 Å². The molecule has 0 aromatic heterocycles. The standard InChI is InChI=1S/C20H32O3/c1-3-5-7-8-14-21-19-12-10-18(11-13-19)20-22-15-17(16-23-20)9-6-4-2/h10-13,17,20H,3-9,14-16H2,1-2H3. The minimum absolute atomic E-state index is 0.216. The Morgan fingerprint density at radius 3 is 2.26 bits per heavy atom. The van der Waals surface area contributed by atoms with E-state index in [2.05, 4.69) is 26.0 Å². The molecular formula is C20H32O3. The predicted molar refractivity (Wildman–Crippen MR) is 93.7 cm³/mol. The number of unbranched alkanes of at least 4 members (excludes halogenated alkanes) is 4. The van der Waals surface area contributed by atoms with Gasteiger partial charge in [0, 0.05) is 11.5 Å². The summed E-state index contributed by atoms with van der Waals surface area (Å²) in [7, 11) is 0. The number of hydrogen-bond donors (Lipinski definition) is 0. The van der Waals surface area contributed by atoms with Crippen LogP contribution in [-0.4, -0.2) is 19.8 Å². The van der Waals surface area contributed by atoms with Crippen LogP contribution in [0.15, 0.2) is 24.3 Å². The second-order valence-corrected chi connectivity index (χ2v) is 6.49. The van der Waals surface area contributed by atoms with Crippen molar-refractivity contribution in [1.29, 1.82) is 0 Å². The van der Waals surface area contributed by atoms with Crippen molar-refractivity contribution in [2.24, 2.45) is 5.92 Å². The summed E-state index contributed by atoms with van der Waals surface area (Å²) in [6, 6.07) is 8.15. The molecule has 0 atom stereocenters. The van der Waals surface area contributed by atoms with E-state index in [0.717, 1.165) is 37.6 Å². The average molecular weight is 320 g/mol. The third-order valence-electron chi connectivity index (χ3n) is 4.35. The highest BCUT2D eigenvalue weighted by Crippen LogP contribution is 2.28. The van der Waals surface area contributed by atoms with Gasteiger partial charge in [-0.1, -0.05) is 58.1 Å². The average Bonchev–Trinajstić information content (AvgIpc) is 2.61. The van der Waals surface area contributed by atoms with Crippen LogP contribution in [0.1, 0.15) is 70.6 Å². The molecular weight excluding hydrogens is 288 g/mol. The number of rotatable bonds is 10. The fraction of sp³-hybridized carbons (Fsp3) is 0.700. The molecule has 1 aliphatic rings. The summed E-state index contributed by atoms with van der Waals surface area (Å²) in [5, 5.41) is 0. The first-order valence-corrected chi connectivity index (χ1v) is 9.29. The second-order valence-electron chi connectivity index (χ2n) is 6.49. The molecule has 0 aliphatic carbocycles. The normalized spacial score (nSPS) is 21.3. The van der Waals surface area contributed by atoms with Gasteiger partial charge in [-0.2, -0.15) is 0 Å². The Morgan fingerprint density at radius 2 is 1.61 bits per heavy atom. The third kappa shape index (κ3) is 6.52. The Balaban J connectivity index is 1.70. The molecule has 0 bridgehead atoms. The van der Waals surface area contributed by atoms with Crippen LogP contribution in [0.3, 0.4) is 0 Å². The largest absolute Gasteiger partial charge is 0.494 e. The van der Waals surface area contributed by atoms with Gasteiger partial charge < -0.3 is 14.2 Å². The van der Waals surface area contributed by atoms with Crippen molar-refractivity contribution in [3.8, 4) is 5.75 Å². The molecule has 23 heavy (non-hydrogen) atoms. The summed E-state index contributed by atoms with van der Waals surface area (Å²) in [6.45, 7) is 6.86. The minimum atomic E-state index is -0.216. The van der Waals surface area contributed by atoms with Crippen LogP contribution in [0.25, 0.3) is 0 Å². The first-order valence-electron chi connectivity index (χ1n) is 9.29. The molecule has 0 spiro atoms. The summed E-state index contributed by atoms with van der Waals surface area (Å²) >= 11 is 0. The summed E-state index contributed by atoms with van der Waals surface area (Å²) in [6.07, 6.45) is 8.40. The molecule has 3 heteroatoms. The molecule has 1 saturated heterocycles. The van der Waals surface area contributed by atoms with Gasteiger partial charge in [0.15, 0.2) is 6.29 Å². The lowest BCUT2D eigenvalue weighted by Gasteiger charge is -2.29. The van der Waals surface area contributed by atoms with Crippen LogP contribution in [0.2, 0.25) is 0 Å². The zero-order valence-electron chi connectivity index (χ0n) is 14.8. The lowest BCUT2D eigenvalue weighted by Crippen LogP contribution is -2.27. The van der Waals surface area contributed by atoms with Crippen molar-refractivity contribution in [2.45, 2.75) is 65.1 Å². The van der Waals surface area contributed by atoms with Crippen molar-refractivity contribution in [1.82, 2.24) is 0 Å². The fourth-order valence-corrected chi connectivity index (χ4v) is 2.84. The molecule has 1 aromatic rings. The molecule has 0 saturated carbocycles. The molecule has 2 rings (SSSR count). The summed E-state index contributed by atoms with van der Waals surface area (Å²) in [5.41, 5.74) is 1.08. The quantitative estimate of drug-likeness (QED) is 0.533. The molecule has 1 heterocycles. The highest BCUT2D eigenvalue weighted by atomic mass is 16.7. The highest BCUT2D eigenvalue weighted by molar-refractivity contribution is 5.28. The molecule has 1 fully saturated rings. The maximum Gasteiger partial charge on any atom is 0.183 e. The zero-order valence-corrected chi connectivity index (χ0v) is 14.8. The molecule has 3 nitrogen and oxygen atoms in total. The van der Waals surface area contributed by atoms with Crippen LogP contribution in [0, 0.1) is 5.92 Å². The lowest BCUT2D eigenvalue weighted by atomic mass is 10.0. The van der Waals surface area contributed by atoms with Crippen molar-refractivity contribution < 1.29 is 14.2 Å². The van der Waals surface area contributed by atoms with E-state index in [4.69, 9.17) is 14.2 Å². The van der Waals surface area contributed by atoms with Gasteiger partial charge in [0.1, 0.15) is 5.75 Å². The zero-order chi connectivity index (χ0) is 16.3. The Bertz CT molecular complexity index is 407. The molecule has 0 amide bonds. The van der Waals surface area contributed by atoms with Gasteiger partial charge in [0.25, 0.3) is 0 Å². The van der Waals surface area contributed by atoms with Crippen LogP contribution >= 0.6 is 0 Å². The minimum Gasteiger partial charge on any atom is -0.494 e. The molecule has 0 N–H and O–H groups in total. The van der Waals surface area contributed by atoms with Crippen LogP contribution in [-0.2, 0) is 9.47 Å². The first kappa shape index (κ1) is 18.3. The summed E-state index contributed by atoms with van der Waals surface area (Å²) in [4.78, 5) is 0. The fourth-order valence-electron chi connectivity index (χ4n) is 2.84. The highest BCUT2D eigenvalue weighted by Gasteiger charge is 2.23. The number of ether oxygens (including phenoxy) is 3. The van der Waals surface area contributed by atoms with E-state index in [9.17, 15) is 0 Å². The van der Waals surface area contributed by atoms with E-state index >= 15 is 0 Å². The van der Waals surface area contributed by atoms with Crippen LogP contribution in [0.5, 0.6) is 5.75 Å². The Hall–Kier alpha value is -1.06. The summed E-state index contributed by atoms with van der Waals surface area (Å²) in [5.74, 6) is 1.49. The summed E-state index contributed by atoms with van der Waals surface area (Å²) < 4.78 is 17.5. The van der Waals surface area contributed by atoms with Gasteiger partial charge in [0.05, 0.1) is 19.8 Å². The molecule has 130 valence electrons. The van der Waals surface area contributed by atoms with E-state index < -0.39 is 0 Å². The van der Waals surface area contributed by atoms with Gasteiger partial charge in [-0.05, 0) is 25.0 Å². The molecule has 1 aromatic carbocycles. The van der Waals surface area contributed by atoms with Crippen molar-refractivity contribution in [3.63, 3.8) is 0 Å². The molecule has 0 radical (unpaired) electrons. The van der Waals surface area contributed by atoms with Crippen LogP contribution < -0.4 is 4.74 Å². The Morgan fingerprint density at radius 1 is 0.913 bits per heavy atom. The van der Waals surface area contributed by atoms with E-state index in [0.29, 0.717) is 5.92 Å². The van der Waals surface area contributed by atoms with Gasteiger partial charge in [-0.25, -0.2) is 0 Å². The molecule has 1 aliphatic heterocycles. The van der Waals surface area contributed by atoms with E-state index in [1.165, 1.54) is 38.5 Å². The second kappa shape index (κ2) is 10.7. The van der Waals surface area contributed by atoms with E-state index in [1.807, 2.05) is 12.1 Å². The first-order chi connectivity index (χ1) is 11.3. The molecule has 0 unspecified atom stereocenters. The van der Waals surface area contributed by atoms with Crippen molar-refractivity contribution in [3.05, 3.63) is 29.8 Å². The SMILES string of the molecule is CCCCCCOc1ccc(C2OCC(CCCC)CO2)cc1. The topological polar surface area (TPSA) is 27.7 Å². The maximum absolute atomic E-state index is 5.88. The number of hydrogen-bond acceptors (Lipinski definition) is 3. The van der Waals surface area contributed by atoms with E-state index in [1.54, 1.807) is 0 Å². The van der Waals surface area contributed by atoms with Crippen molar-refractivity contribution in [2.75, 3.05) is 19.8 Å². The van der Waals surface area contributed by atoms with Crippen LogP contribution in [0.4, 0.5) is 0 Å². The Labute approximate surface area is 141 Å². The predicted octanol–water partition coefficient (Wildman–Crippen LogP) is 5.50. The lowest BCUT2D eigenvalue weighted by molar-refractivity contribution is -0.206.